The van der Waals surface area contributed by atoms with Gasteiger partial charge in [0, 0.05) is 25.6 Å². The summed E-state index contributed by atoms with van der Waals surface area (Å²) >= 11 is 0. The standard InChI is InChI=1S/C17H33N3O/c1-2-10-19-16(21)13-15(14-18)20-11-8-17(9-12-20)6-4-3-5-7-17/h15H,2-14,18H2,1H3,(H,19,21). The topological polar surface area (TPSA) is 58.4 Å². The lowest BCUT2D eigenvalue weighted by molar-refractivity contribution is -0.122. The molecule has 1 unspecified atom stereocenters. The maximum absolute atomic E-state index is 11.9. The Morgan fingerprint density at radius 3 is 2.43 bits per heavy atom. The molecule has 122 valence electrons. The number of carbonyl (C=O) groups excluding carboxylic acids is 1. The molecule has 4 nitrogen and oxygen atoms in total. The van der Waals surface area contributed by atoms with Gasteiger partial charge in [0.1, 0.15) is 0 Å². The zero-order chi connectivity index (χ0) is 15.1. The number of hydrogen-bond donors (Lipinski definition) is 2. The average Bonchev–Trinajstić information content (AvgIpc) is 2.52. The largest absolute Gasteiger partial charge is 0.356 e. The molecule has 4 heteroatoms. The highest BCUT2D eigenvalue weighted by Crippen LogP contribution is 2.44. The Balaban J connectivity index is 1.79. The summed E-state index contributed by atoms with van der Waals surface area (Å²) in [5.74, 6) is 0.158. The van der Waals surface area contributed by atoms with E-state index in [-0.39, 0.29) is 11.9 Å². The smallest absolute Gasteiger partial charge is 0.221 e. The minimum absolute atomic E-state index is 0.158. The molecule has 2 rings (SSSR count). The molecule has 0 aromatic heterocycles. The monoisotopic (exact) mass is 295 g/mol. The van der Waals surface area contributed by atoms with Gasteiger partial charge in [-0.15, -0.1) is 0 Å². The van der Waals surface area contributed by atoms with Crippen molar-refractivity contribution in [3.63, 3.8) is 0 Å². The lowest BCUT2D eigenvalue weighted by Crippen LogP contribution is -2.50. The van der Waals surface area contributed by atoms with Crippen LogP contribution in [0.25, 0.3) is 0 Å². The molecule has 1 spiro atoms. The molecule has 21 heavy (non-hydrogen) atoms. The highest BCUT2D eigenvalue weighted by Gasteiger charge is 2.37. The predicted octanol–water partition coefficient (Wildman–Crippen LogP) is 2.28. The summed E-state index contributed by atoms with van der Waals surface area (Å²) in [6.07, 6.45) is 11.3. The van der Waals surface area contributed by atoms with Gasteiger partial charge in [-0.25, -0.2) is 0 Å². The van der Waals surface area contributed by atoms with Crippen LogP contribution in [0.5, 0.6) is 0 Å². The highest BCUT2D eigenvalue weighted by atomic mass is 16.1. The molecule has 2 aliphatic rings. The Morgan fingerprint density at radius 1 is 1.19 bits per heavy atom. The van der Waals surface area contributed by atoms with Crippen LogP contribution in [0.15, 0.2) is 0 Å². The van der Waals surface area contributed by atoms with Crippen molar-refractivity contribution >= 4 is 5.91 Å². The number of nitrogens with zero attached hydrogens (tertiary/aromatic N) is 1. The number of nitrogens with one attached hydrogen (secondary N) is 1. The Morgan fingerprint density at radius 2 is 1.86 bits per heavy atom. The normalized spacial score (nSPS) is 23.9. The van der Waals surface area contributed by atoms with E-state index in [1.165, 1.54) is 44.9 Å². The first-order chi connectivity index (χ1) is 10.2. The third kappa shape index (κ3) is 4.68. The first-order valence-electron chi connectivity index (χ1n) is 8.90. The fraction of sp³-hybridized carbons (Fsp3) is 0.941. The van der Waals surface area contributed by atoms with Crippen molar-refractivity contribution in [3.05, 3.63) is 0 Å². The Bertz CT molecular complexity index is 316. The third-order valence-electron chi connectivity index (χ3n) is 5.55. The van der Waals surface area contributed by atoms with Crippen LogP contribution in [-0.2, 0) is 4.79 Å². The van der Waals surface area contributed by atoms with Crippen LogP contribution < -0.4 is 11.1 Å². The Hall–Kier alpha value is -0.610. The van der Waals surface area contributed by atoms with Crippen molar-refractivity contribution in [1.82, 2.24) is 10.2 Å². The van der Waals surface area contributed by atoms with Crippen molar-refractivity contribution in [2.24, 2.45) is 11.1 Å². The fourth-order valence-corrected chi connectivity index (χ4v) is 4.08. The molecule has 1 aliphatic heterocycles. The minimum Gasteiger partial charge on any atom is -0.356 e. The van der Waals surface area contributed by atoms with Crippen molar-refractivity contribution in [3.8, 4) is 0 Å². The van der Waals surface area contributed by atoms with E-state index in [4.69, 9.17) is 5.73 Å². The maximum Gasteiger partial charge on any atom is 0.221 e. The van der Waals surface area contributed by atoms with E-state index < -0.39 is 0 Å². The quantitative estimate of drug-likeness (QED) is 0.790. The van der Waals surface area contributed by atoms with E-state index in [9.17, 15) is 4.79 Å². The van der Waals surface area contributed by atoms with E-state index in [0.29, 0.717) is 18.4 Å². The summed E-state index contributed by atoms with van der Waals surface area (Å²) in [4.78, 5) is 14.4. The molecule has 1 atom stereocenters. The molecule has 1 amide bonds. The number of rotatable bonds is 6. The van der Waals surface area contributed by atoms with Gasteiger partial charge in [-0.05, 0) is 50.6 Å². The second kappa shape index (κ2) is 8.14. The molecule has 0 aromatic rings. The molecule has 0 aromatic carbocycles. The predicted molar refractivity (Wildman–Crippen MR) is 87.1 cm³/mol. The van der Waals surface area contributed by atoms with Crippen LogP contribution in [0.1, 0.15) is 64.7 Å². The Kier molecular flexibility index (Phi) is 6.49. The molecular weight excluding hydrogens is 262 g/mol. The summed E-state index contributed by atoms with van der Waals surface area (Å²) < 4.78 is 0. The van der Waals surface area contributed by atoms with Crippen LogP contribution in [0.2, 0.25) is 0 Å². The van der Waals surface area contributed by atoms with Gasteiger partial charge < -0.3 is 11.1 Å². The number of likely N-dealkylation sites (tertiary alicyclic amines) is 1. The molecule has 0 bridgehead atoms. The van der Waals surface area contributed by atoms with Crippen molar-refractivity contribution in [2.45, 2.75) is 70.8 Å². The molecule has 1 aliphatic carbocycles. The molecule has 1 heterocycles. The lowest BCUT2D eigenvalue weighted by Gasteiger charge is -2.46. The molecule has 2 fully saturated rings. The molecule has 1 saturated heterocycles. The van der Waals surface area contributed by atoms with Crippen molar-refractivity contribution in [1.29, 1.82) is 0 Å². The summed E-state index contributed by atoms with van der Waals surface area (Å²) in [6.45, 7) is 5.70. The van der Waals surface area contributed by atoms with Gasteiger partial charge in [0.05, 0.1) is 0 Å². The van der Waals surface area contributed by atoms with Gasteiger partial charge in [0.2, 0.25) is 5.91 Å². The van der Waals surface area contributed by atoms with Gasteiger partial charge >= 0.3 is 0 Å². The highest BCUT2D eigenvalue weighted by molar-refractivity contribution is 5.76. The number of nitrogens with two attached hydrogens (primary N) is 1. The number of amides is 1. The van der Waals surface area contributed by atoms with Gasteiger partial charge in [0.15, 0.2) is 0 Å². The first-order valence-corrected chi connectivity index (χ1v) is 8.90. The summed E-state index contributed by atoms with van der Waals surface area (Å²) in [5, 5.41) is 2.97. The fourth-order valence-electron chi connectivity index (χ4n) is 4.08. The SMILES string of the molecule is CCCNC(=O)CC(CN)N1CCC2(CCCCC2)CC1. The van der Waals surface area contributed by atoms with Gasteiger partial charge in [-0.3, -0.25) is 9.69 Å². The van der Waals surface area contributed by atoms with E-state index in [0.717, 1.165) is 26.1 Å². The minimum atomic E-state index is 0.158. The Labute approximate surface area is 129 Å². The molecule has 0 radical (unpaired) electrons. The second-order valence-corrected chi connectivity index (χ2v) is 7.04. The van der Waals surface area contributed by atoms with Crippen LogP contribution in [0.3, 0.4) is 0 Å². The third-order valence-corrected chi connectivity index (χ3v) is 5.55. The zero-order valence-corrected chi connectivity index (χ0v) is 13.7. The van der Waals surface area contributed by atoms with Crippen LogP contribution in [-0.4, -0.2) is 43.0 Å². The van der Waals surface area contributed by atoms with E-state index >= 15 is 0 Å². The number of carbonyl (C=O) groups is 1. The molecule has 3 N–H and O–H groups in total. The van der Waals surface area contributed by atoms with E-state index in [2.05, 4.69) is 17.1 Å². The molecule has 1 saturated carbocycles. The second-order valence-electron chi connectivity index (χ2n) is 7.04. The maximum atomic E-state index is 11.9. The van der Waals surface area contributed by atoms with Crippen molar-refractivity contribution in [2.75, 3.05) is 26.2 Å². The van der Waals surface area contributed by atoms with E-state index in [1.54, 1.807) is 0 Å². The van der Waals surface area contributed by atoms with Gasteiger partial charge in [-0.1, -0.05) is 26.2 Å². The zero-order valence-electron chi connectivity index (χ0n) is 13.7. The van der Waals surface area contributed by atoms with Crippen LogP contribution in [0, 0.1) is 5.41 Å². The number of piperidine rings is 1. The number of hydrogen-bond acceptors (Lipinski definition) is 3. The van der Waals surface area contributed by atoms with E-state index in [1.807, 2.05) is 0 Å². The summed E-state index contributed by atoms with van der Waals surface area (Å²) in [5.41, 5.74) is 6.55. The van der Waals surface area contributed by atoms with Crippen molar-refractivity contribution < 1.29 is 4.79 Å². The first kappa shape index (κ1) is 16.8. The lowest BCUT2D eigenvalue weighted by atomic mass is 9.68. The summed E-state index contributed by atoms with van der Waals surface area (Å²) in [7, 11) is 0. The van der Waals surface area contributed by atoms with Gasteiger partial charge in [-0.2, -0.15) is 0 Å². The van der Waals surface area contributed by atoms with Crippen LogP contribution in [0.4, 0.5) is 0 Å². The van der Waals surface area contributed by atoms with Crippen LogP contribution >= 0.6 is 0 Å². The average molecular weight is 295 g/mol. The van der Waals surface area contributed by atoms with Gasteiger partial charge in [0.25, 0.3) is 0 Å². The summed E-state index contributed by atoms with van der Waals surface area (Å²) in [6, 6.07) is 0.225. The molecular formula is C17H33N3O.